The summed E-state index contributed by atoms with van der Waals surface area (Å²) in [5.74, 6) is -5.03. The van der Waals surface area contributed by atoms with Gasteiger partial charge in [-0.3, -0.25) is 4.90 Å². The maximum Gasteiger partial charge on any atom is 0.328 e. The number of carboxylic acid groups (broad SMARTS) is 4. The van der Waals surface area contributed by atoms with Crippen LogP contribution in [0.25, 0.3) is 0 Å². The van der Waals surface area contributed by atoms with E-state index in [0.29, 0.717) is 30.3 Å². The molecule has 216 valence electrons. The molecule has 0 radical (unpaired) electrons. The molecule has 1 heterocycles. The van der Waals surface area contributed by atoms with E-state index in [9.17, 15) is 19.2 Å². The zero-order chi connectivity index (χ0) is 29.9. The van der Waals surface area contributed by atoms with Crippen molar-refractivity contribution >= 4 is 35.6 Å². The lowest BCUT2D eigenvalue weighted by atomic mass is 9.97. The molecule has 11 heteroatoms. The van der Waals surface area contributed by atoms with Crippen molar-refractivity contribution in [1.29, 1.82) is 0 Å². The van der Waals surface area contributed by atoms with E-state index < -0.39 is 23.9 Å². The van der Waals surface area contributed by atoms with Crippen molar-refractivity contribution in [3.8, 4) is 0 Å². The third kappa shape index (κ3) is 15.5. The molecule has 0 bridgehead atoms. The number of hydrogen-bond donors (Lipinski definition) is 4. The van der Waals surface area contributed by atoms with Gasteiger partial charge in [-0.15, -0.1) is 11.8 Å². The highest BCUT2D eigenvalue weighted by Crippen LogP contribution is 2.28. The van der Waals surface area contributed by atoms with Gasteiger partial charge in [0.15, 0.2) is 0 Å². The number of piperazine rings is 1. The Morgan fingerprint density at radius 1 is 0.750 bits per heavy atom. The number of hydrogen-bond acceptors (Lipinski definition) is 7. The lowest BCUT2D eigenvalue weighted by Gasteiger charge is -2.38. The second-order valence-electron chi connectivity index (χ2n) is 8.67. The third-order valence-corrected chi connectivity index (χ3v) is 6.51. The summed E-state index contributed by atoms with van der Waals surface area (Å²) < 4.78 is 0. The normalized spacial score (nSPS) is 14.4. The second-order valence-corrected chi connectivity index (χ2v) is 9.55. The fourth-order valence-corrected chi connectivity index (χ4v) is 4.16. The number of aryl methyl sites for hydroxylation is 1. The fraction of sp³-hybridized carbons (Fsp3) is 0.310. The predicted octanol–water partition coefficient (Wildman–Crippen LogP) is 3.75. The number of likely N-dealkylation sites (N-methyl/N-ethyl adjacent to an activating group) is 1. The average molecular weight is 573 g/mol. The Bertz CT molecular complexity index is 1060. The summed E-state index contributed by atoms with van der Waals surface area (Å²) in [5.41, 5.74) is 2.91. The highest BCUT2D eigenvalue weighted by atomic mass is 32.2. The zero-order valence-electron chi connectivity index (χ0n) is 22.6. The molecule has 0 amide bonds. The zero-order valence-corrected chi connectivity index (χ0v) is 23.4. The predicted molar refractivity (Wildman–Crippen MR) is 154 cm³/mol. The van der Waals surface area contributed by atoms with Crippen LogP contribution in [0.5, 0.6) is 0 Å². The highest BCUT2D eigenvalue weighted by Gasteiger charge is 2.23. The molecule has 0 saturated carbocycles. The molecule has 4 N–H and O–H groups in total. The second kappa shape index (κ2) is 19.2. The van der Waals surface area contributed by atoms with Crippen LogP contribution in [0.2, 0.25) is 0 Å². The van der Waals surface area contributed by atoms with Crippen LogP contribution in [-0.2, 0) is 25.6 Å². The molecule has 2 aromatic rings. The van der Waals surface area contributed by atoms with Gasteiger partial charge in [-0.25, -0.2) is 19.2 Å². The van der Waals surface area contributed by atoms with Crippen LogP contribution in [-0.4, -0.2) is 93.6 Å². The molecule has 0 aromatic heterocycles. The van der Waals surface area contributed by atoms with E-state index in [4.69, 9.17) is 20.4 Å². The van der Waals surface area contributed by atoms with Gasteiger partial charge in [-0.05, 0) is 49.4 Å². The number of aliphatic carboxylic acids is 4. The van der Waals surface area contributed by atoms with Gasteiger partial charge >= 0.3 is 23.9 Å². The van der Waals surface area contributed by atoms with E-state index in [1.54, 1.807) is 0 Å². The first-order chi connectivity index (χ1) is 19.0. The van der Waals surface area contributed by atoms with Gasteiger partial charge in [-0.2, -0.15) is 0 Å². The van der Waals surface area contributed by atoms with Crippen LogP contribution in [0, 0.1) is 0 Å². The van der Waals surface area contributed by atoms with Gasteiger partial charge in [0.25, 0.3) is 0 Å². The molecular formula is C29H36N2O8S. The molecule has 40 heavy (non-hydrogen) atoms. The Balaban J connectivity index is 0.000000412. The van der Waals surface area contributed by atoms with E-state index in [-0.39, 0.29) is 0 Å². The van der Waals surface area contributed by atoms with E-state index in [1.807, 2.05) is 11.8 Å². The number of carbonyl (C=O) groups is 4. The van der Waals surface area contributed by atoms with Crippen molar-refractivity contribution in [2.75, 3.05) is 39.5 Å². The molecule has 1 aliphatic heterocycles. The van der Waals surface area contributed by atoms with Gasteiger partial charge < -0.3 is 25.3 Å². The number of carboxylic acids is 4. The van der Waals surface area contributed by atoms with Gasteiger partial charge in [0.05, 0.1) is 0 Å². The van der Waals surface area contributed by atoms with Crippen molar-refractivity contribution < 1.29 is 39.6 Å². The van der Waals surface area contributed by atoms with Gasteiger partial charge in [0, 0.05) is 61.4 Å². The van der Waals surface area contributed by atoms with Gasteiger partial charge in [0.2, 0.25) is 0 Å². The van der Waals surface area contributed by atoms with E-state index in [2.05, 4.69) is 77.7 Å². The number of thioether (sulfide) groups is 1. The van der Waals surface area contributed by atoms with Crippen LogP contribution in [0.3, 0.4) is 0 Å². The maximum atomic E-state index is 9.55. The fourth-order valence-electron chi connectivity index (χ4n) is 3.75. The van der Waals surface area contributed by atoms with Crippen molar-refractivity contribution in [3.63, 3.8) is 0 Å². The van der Waals surface area contributed by atoms with E-state index in [0.717, 1.165) is 6.42 Å². The minimum absolute atomic E-state index is 0.523. The topological polar surface area (TPSA) is 156 Å². The van der Waals surface area contributed by atoms with Crippen molar-refractivity contribution in [3.05, 3.63) is 90.0 Å². The molecule has 1 fully saturated rings. The summed E-state index contributed by atoms with van der Waals surface area (Å²) in [6.07, 6.45) is 6.70. The molecular weight excluding hydrogens is 536 g/mol. The van der Waals surface area contributed by atoms with Crippen molar-refractivity contribution in [2.45, 2.75) is 23.8 Å². The smallest absolute Gasteiger partial charge is 0.328 e. The first-order valence-corrected chi connectivity index (χ1v) is 13.6. The Labute approximate surface area is 238 Å². The Morgan fingerprint density at radius 2 is 1.20 bits per heavy atom. The number of rotatable bonds is 10. The maximum absolute atomic E-state index is 9.55. The molecule has 0 spiro atoms. The Morgan fingerprint density at radius 3 is 1.60 bits per heavy atom. The minimum atomic E-state index is -1.26. The number of benzene rings is 2. The molecule has 3 rings (SSSR count). The largest absolute Gasteiger partial charge is 0.478 e. The molecule has 0 aliphatic carbocycles. The Kier molecular flexibility index (Phi) is 16.3. The summed E-state index contributed by atoms with van der Waals surface area (Å²) in [6.45, 7) is 4.68. The summed E-state index contributed by atoms with van der Waals surface area (Å²) in [5, 5.41) is 31.2. The summed E-state index contributed by atoms with van der Waals surface area (Å²) in [6, 6.07) is 20.6. The first-order valence-electron chi connectivity index (χ1n) is 12.4. The molecule has 2 aromatic carbocycles. The molecule has 1 saturated heterocycles. The lowest BCUT2D eigenvalue weighted by Crippen LogP contribution is -2.46. The molecule has 10 nitrogen and oxygen atoms in total. The van der Waals surface area contributed by atoms with Crippen molar-refractivity contribution in [1.82, 2.24) is 9.80 Å². The van der Waals surface area contributed by atoms with Crippen LogP contribution in [0.1, 0.15) is 23.6 Å². The monoisotopic (exact) mass is 572 g/mol. The summed E-state index contributed by atoms with van der Waals surface area (Å²) in [7, 11) is 2.23. The SMILES string of the molecule is CSc1ccc(C(CCc2ccccc2)N2CCN(C)CC2)cc1.O=C(O)/C=C\C(=O)O.O=C(O)/C=C\C(=O)O. The van der Waals surface area contributed by atoms with Crippen LogP contribution < -0.4 is 0 Å². The van der Waals surface area contributed by atoms with Crippen LogP contribution >= 0.6 is 11.8 Å². The quantitative estimate of drug-likeness (QED) is 0.243. The van der Waals surface area contributed by atoms with E-state index >= 15 is 0 Å². The van der Waals surface area contributed by atoms with Crippen LogP contribution in [0.15, 0.2) is 83.8 Å². The highest BCUT2D eigenvalue weighted by molar-refractivity contribution is 7.98. The number of nitrogens with zero attached hydrogens (tertiary/aromatic N) is 2. The molecule has 1 atom stereocenters. The standard InChI is InChI=1S/C21H28N2S.2C4H4O4/c1-22-14-16-23(17-15-22)21(13-8-18-6-4-3-5-7-18)19-9-11-20(24-2)12-10-19;2*5-3(6)1-2-4(7)8/h3-7,9-12,21H,8,13-17H2,1-2H3;2*1-2H,(H,5,6)(H,7,8)/b;2*2-1-. The minimum Gasteiger partial charge on any atom is -0.478 e. The Hall–Kier alpha value is -3.93. The molecule has 1 aliphatic rings. The average Bonchev–Trinajstić information content (AvgIpc) is 2.93. The van der Waals surface area contributed by atoms with Crippen molar-refractivity contribution in [2.24, 2.45) is 0 Å². The van der Waals surface area contributed by atoms with Gasteiger partial charge in [-0.1, -0.05) is 42.5 Å². The molecule has 1 unspecified atom stereocenters. The van der Waals surface area contributed by atoms with Crippen LogP contribution in [0.4, 0.5) is 0 Å². The first kappa shape index (κ1) is 34.1. The summed E-state index contributed by atoms with van der Waals surface area (Å²) >= 11 is 1.82. The lowest BCUT2D eigenvalue weighted by molar-refractivity contribution is -0.134. The summed E-state index contributed by atoms with van der Waals surface area (Å²) in [4.78, 5) is 44.7. The van der Waals surface area contributed by atoms with Gasteiger partial charge in [0.1, 0.15) is 0 Å². The van der Waals surface area contributed by atoms with E-state index in [1.165, 1.54) is 48.6 Å². The third-order valence-electron chi connectivity index (χ3n) is 5.77.